The van der Waals surface area contributed by atoms with Gasteiger partial charge in [0.05, 0.1) is 0 Å². The molecule has 0 saturated carbocycles. The fraction of sp³-hybridized carbons (Fsp3) is 0. The number of rotatable bonds is 6. The first-order valence-electron chi connectivity index (χ1n) is 16.4. The van der Waals surface area contributed by atoms with Gasteiger partial charge in [0.2, 0.25) is 0 Å². The Bertz CT molecular complexity index is 2520. The number of benzene rings is 7. The maximum absolute atomic E-state index is 6.47. The van der Waals surface area contributed by atoms with Crippen molar-refractivity contribution in [3.05, 3.63) is 176 Å². The lowest BCUT2D eigenvalue weighted by atomic mass is 9.90. The minimum atomic E-state index is 0.599. The van der Waals surface area contributed by atoms with Gasteiger partial charge in [-0.05, 0) is 57.6 Å². The monoisotopic (exact) mass is 627 g/mol. The number of hydrogen-bond donors (Lipinski definition) is 0. The maximum atomic E-state index is 6.47. The van der Waals surface area contributed by atoms with Gasteiger partial charge in [0.1, 0.15) is 11.2 Å². The molecule has 0 amide bonds. The van der Waals surface area contributed by atoms with Crippen LogP contribution >= 0.6 is 0 Å². The Balaban J connectivity index is 1.27. The lowest BCUT2D eigenvalue weighted by Crippen LogP contribution is -2.00. The fourth-order valence-electron chi connectivity index (χ4n) is 6.57. The number of aromatic nitrogens is 3. The highest BCUT2D eigenvalue weighted by molar-refractivity contribution is 6.13. The van der Waals surface area contributed by atoms with E-state index in [1.807, 2.05) is 72.8 Å². The van der Waals surface area contributed by atoms with Crippen LogP contribution in [-0.4, -0.2) is 15.0 Å². The largest absolute Gasteiger partial charge is 0.456 e. The summed E-state index contributed by atoms with van der Waals surface area (Å²) in [6.45, 7) is 0. The van der Waals surface area contributed by atoms with Crippen molar-refractivity contribution in [3.8, 4) is 67.5 Å². The van der Waals surface area contributed by atoms with E-state index in [-0.39, 0.29) is 0 Å². The van der Waals surface area contributed by atoms with Crippen molar-refractivity contribution in [2.75, 3.05) is 0 Å². The first kappa shape index (κ1) is 28.6. The molecule has 0 aliphatic heterocycles. The average Bonchev–Trinajstić information content (AvgIpc) is 3.57. The van der Waals surface area contributed by atoms with Crippen LogP contribution < -0.4 is 0 Å². The third kappa shape index (κ3) is 5.35. The molecule has 0 saturated heterocycles. The van der Waals surface area contributed by atoms with Crippen molar-refractivity contribution in [1.82, 2.24) is 15.0 Å². The Labute approximate surface area is 284 Å². The molecule has 0 aliphatic rings. The molecule has 230 valence electrons. The average molecular weight is 628 g/mol. The maximum Gasteiger partial charge on any atom is 0.164 e. The number of furan rings is 1. The summed E-state index contributed by atoms with van der Waals surface area (Å²) >= 11 is 0. The van der Waals surface area contributed by atoms with Gasteiger partial charge in [-0.25, -0.2) is 15.0 Å². The standard InChI is InChI=1S/C45H29N3O/c1-5-14-30(15-6-1)34-24-26-36(31-16-7-2-8-17-31)38(28-34)35-25-27-40-39(29-35)42-37(22-13-23-41(42)49-40)45-47-43(32-18-9-3-10-19-32)46-44(48-45)33-20-11-4-12-21-33/h1-29H. The molecule has 0 spiro atoms. The van der Waals surface area contributed by atoms with Crippen molar-refractivity contribution < 1.29 is 4.42 Å². The lowest BCUT2D eigenvalue weighted by Gasteiger charge is -2.13. The highest BCUT2D eigenvalue weighted by Crippen LogP contribution is 2.41. The Hall–Kier alpha value is -6.65. The molecule has 0 atom stereocenters. The fourth-order valence-corrected chi connectivity index (χ4v) is 6.57. The molecule has 2 heterocycles. The van der Waals surface area contributed by atoms with E-state index in [4.69, 9.17) is 19.4 Å². The van der Waals surface area contributed by atoms with Crippen molar-refractivity contribution in [2.45, 2.75) is 0 Å². The van der Waals surface area contributed by atoms with Gasteiger partial charge in [0, 0.05) is 27.5 Å². The van der Waals surface area contributed by atoms with Crippen LogP contribution in [0.4, 0.5) is 0 Å². The Morgan fingerprint density at radius 2 is 0.857 bits per heavy atom. The molecule has 0 bridgehead atoms. The summed E-state index contributed by atoms with van der Waals surface area (Å²) in [5.74, 6) is 1.85. The number of nitrogens with zero attached hydrogens (tertiary/aromatic N) is 3. The molecule has 0 fully saturated rings. The van der Waals surface area contributed by atoms with Gasteiger partial charge in [0.15, 0.2) is 17.5 Å². The zero-order valence-corrected chi connectivity index (χ0v) is 26.5. The van der Waals surface area contributed by atoms with Crippen LogP contribution in [0.2, 0.25) is 0 Å². The summed E-state index contributed by atoms with van der Waals surface area (Å²) in [5, 5.41) is 1.99. The molecule has 2 aromatic heterocycles. The number of fused-ring (bicyclic) bond motifs is 3. The van der Waals surface area contributed by atoms with E-state index < -0.39 is 0 Å². The Morgan fingerprint density at radius 3 is 1.49 bits per heavy atom. The molecule has 4 nitrogen and oxygen atoms in total. The zero-order valence-electron chi connectivity index (χ0n) is 26.5. The first-order valence-corrected chi connectivity index (χ1v) is 16.4. The second-order valence-corrected chi connectivity index (χ2v) is 12.0. The van der Waals surface area contributed by atoms with Gasteiger partial charge in [0.25, 0.3) is 0 Å². The highest BCUT2D eigenvalue weighted by Gasteiger charge is 2.19. The topological polar surface area (TPSA) is 51.8 Å². The molecular weight excluding hydrogens is 599 g/mol. The van der Waals surface area contributed by atoms with Crippen molar-refractivity contribution in [1.29, 1.82) is 0 Å². The van der Waals surface area contributed by atoms with Crippen molar-refractivity contribution >= 4 is 21.9 Å². The molecule has 9 rings (SSSR count). The number of hydrogen-bond acceptors (Lipinski definition) is 4. The summed E-state index contributed by atoms with van der Waals surface area (Å²) in [7, 11) is 0. The SMILES string of the molecule is c1ccc(-c2ccc(-c3ccccc3)c(-c3ccc4oc5cccc(-c6nc(-c7ccccc7)nc(-c7ccccc7)n6)c5c4c3)c2)cc1. The quantitative estimate of drug-likeness (QED) is 0.184. The van der Waals surface area contributed by atoms with Gasteiger partial charge >= 0.3 is 0 Å². The molecule has 9 aromatic rings. The molecule has 0 N–H and O–H groups in total. The predicted octanol–water partition coefficient (Wildman–Crippen LogP) is 11.8. The summed E-state index contributed by atoms with van der Waals surface area (Å²) in [4.78, 5) is 15.0. The van der Waals surface area contributed by atoms with E-state index in [9.17, 15) is 0 Å². The highest BCUT2D eigenvalue weighted by atomic mass is 16.3. The molecule has 0 radical (unpaired) electrons. The zero-order chi connectivity index (χ0) is 32.6. The summed E-state index contributed by atoms with van der Waals surface area (Å²) in [5.41, 5.74) is 11.3. The lowest BCUT2D eigenvalue weighted by molar-refractivity contribution is 0.669. The van der Waals surface area contributed by atoms with Crippen LogP contribution in [0, 0.1) is 0 Å². The first-order chi connectivity index (χ1) is 24.3. The van der Waals surface area contributed by atoms with E-state index in [0.29, 0.717) is 17.5 Å². The third-order valence-electron chi connectivity index (χ3n) is 8.96. The summed E-state index contributed by atoms with van der Waals surface area (Å²) in [6, 6.07) is 60.5. The van der Waals surface area contributed by atoms with Crippen LogP contribution in [0.25, 0.3) is 89.5 Å². The molecular formula is C45H29N3O. The Kier molecular flexibility index (Phi) is 7.10. The van der Waals surface area contributed by atoms with E-state index in [2.05, 4.69) is 103 Å². The normalized spacial score (nSPS) is 11.3. The summed E-state index contributed by atoms with van der Waals surface area (Å²) < 4.78 is 6.47. The molecule has 7 aromatic carbocycles. The van der Waals surface area contributed by atoms with Gasteiger partial charge in [-0.15, -0.1) is 0 Å². The van der Waals surface area contributed by atoms with Gasteiger partial charge < -0.3 is 4.42 Å². The van der Waals surface area contributed by atoms with Crippen molar-refractivity contribution in [2.24, 2.45) is 0 Å². The van der Waals surface area contributed by atoms with Crippen LogP contribution in [0.5, 0.6) is 0 Å². The summed E-state index contributed by atoms with van der Waals surface area (Å²) in [6.07, 6.45) is 0. The van der Waals surface area contributed by atoms with Crippen LogP contribution in [0.3, 0.4) is 0 Å². The molecule has 0 unspecified atom stereocenters. The minimum Gasteiger partial charge on any atom is -0.456 e. The van der Waals surface area contributed by atoms with Gasteiger partial charge in [-0.3, -0.25) is 0 Å². The second kappa shape index (κ2) is 12.2. The van der Waals surface area contributed by atoms with Gasteiger partial charge in [-0.2, -0.15) is 0 Å². The van der Waals surface area contributed by atoms with Crippen LogP contribution in [-0.2, 0) is 0 Å². The third-order valence-corrected chi connectivity index (χ3v) is 8.96. The van der Waals surface area contributed by atoms with E-state index in [1.54, 1.807) is 0 Å². The van der Waals surface area contributed by atoms with Gasteiger partial charge in [-0.1, -0.05) is 152 Å². The molecule has 4 heteroatoms. The van der Waals surface area contributed by atoms with Crippen molar-refractivity contribution in [3.63, 3.8) is 0 Å². The van der Waals surface area contributed by atoms with Crippen LogP contribution in [0.15, 0.2) is 180 Å². The van der Waals surface area contributed by atoms with E-state index >= 15 is 0 Å². The predicted molar refractivity (Wildman–Crippen MR) is 200 cm³/mol. The molecule has 0 aliphatic carbocycles. The van der Waals surface area contributed by atoms with E-state index in [0.717, 1.165) is 49.8 Å². The van der Waals surface area contributed by atoms with E-state index in [1.165, 1.54) is 22.3 Å². The smallest absolute Gasteiger partial charge is 0.164 e. The Morgan fingerprint density at radius 1 is 0.306 bits per heavy atom. The second-order valence-electron chi connectivity index (χ2n) is 12.0. The molecule has 49 heavy (non-hydrogen) atoms. The van der Waals surface area contributed by atoms with Crippen LogP contribution in [0.1, 0.15) is 0 Å². The minimum absolute atomic E-state index is 0.599.